The number of hydrogen-bond acceptors (Lipinski definition) is 4. The fourth-order valence-corrected chi connectivity index (χ4v) is 6.10. The number of benzene rings is 1. The largest absolute Gasteiger partial charge is 0.490 e. The van der Waals surface area contributed by atoms with Gasteiger partial charge < -0.3 is 14.8 Å². The van der Waals surface area contributed by atoms with Crippen LogP contribution in [0.4, 0.5) is 0 Å². The quantitative estimate of drug-likeness (QED) is 0.615. The van der Waals surface area contributed by atoms with E-state index in [2.05, 4.69) is 5.32 Å². The van der Waals surface area contributed by atoms with Crippen LogP contribution in [0.25, 0.3) is 0 Å². The number of carbonyl (C=O) groups excluding carboxylic acids is 2. The van der Waals surface area contributed by atoms with E-state index >= 15 is 0 Å². The molecule has 4 bridgehead atoms. The Bertz CT molecular complexity index is 712. The van der Waals surface area contributed by atoms with Crippen LogP contribution >= 0.6 is 0 Å². The molecule has 0 aromatic heterocycles. The van der Waals surface area contributed by atoms with Gasteiger partial charge in [0.1, 0.15) is 19.0 Å². The molecule has 4 aliphatic rings. The van der Waals surface area contributed by atoms with E-state index < -0.39 is 5.41 Å². The molecule has 5 heteroatoms. The van der Waals surface area contributed by atoms with E-state index in [-0.39, 0.29) is 24.0 Å². The molecule has 0 saturated heterocycles. The van der Waals surface area contributed by atoms with Crippen LogP contribution in [0.2, 0.25) is 0 Å². The second-order valence-electron chi connectivity index (χ2n) is 9.00. The normalized spacial score (nSPS) is 33.6. The molecule has 2 atom stereocenters. The van der Waals surface area contributed by atoms with Crippen molar-refractivity contribution in [1.82, 2.24) is 5.32 Å². The first-order valence-corrected chi connectivity index (χ1v) is 10.0. The molecule has 0 unspecified atom stereocenters. The van der Waals surface area contributed by atoms with E-state index in [1.54, 1.807) is 6.92 Å². The number of hydrogen-bond donors (Lipinski definition) is 1. The third kappa shape index (κ3) is 3.69. The molecule has 5 nitrogen and oxygen atoms in total. The Morgan fingerprint density at radius 3 is 2.37 bits per heavy atom. The first kappa shape index (κ1) is 18.3. The highest BCUT2D eigenvalue weighted by atomic mass is 16.6. The Balaban J connectivity index is 1.35. The highest BCUT2D eigenvalue weighted by Gasteiger charge is 2.61. The third-order valence-corrected chi connectivity index (χ3v) is 6.54. The van der Waals surface area contributed by atoms with E-state index in [9.17, 15) is 9.59 Å². The first-order valence-electron chi connectivity index (χ1n) is 10.0. The van der Waals surface area contributed by atoms with Gasteiger partial charge in [-0.1, -0.05) is 17.7 Å². The van der Waals surface area contributed by atoms with E-state index in [0.29, 0.717) is 18.4 Å². The zero-order valence-electron chi connectivity index (χ0n) is 16.3. The van der Waals surface area contributed by atoms with Gasteiger partial charge >= 0.3 is 5.97 Å². The minimum atomic E-state index is -0.420. The van der Waals surface area contributed by atoms with Crippen LogP contribution in [0.15, 0.2) is 24.3 Å². The Hall–Kier alpha value is -2.04. The van der Waals surface area contributed by atoms with Gasteiger partial charge in [-0.3, -0.25) is 9.59 Å². The zero-order chi connectivity index (χ0) is 19.1. The van der Waals surface area contributed by atoms with Gasteiger partial charge in [-0.2, -0.15) is 0 Å². The van der Waals surface area contributed by atoms with E-state index in [1.807, 2.05) is 31.2 Å². The Kier molecular flexibility index (Phi) is 4.65. The van der Waals surface area contributed by atoms with E-state index in [0.717, 1.165) is 37.9 Å². The van der Waals surface area contributed by atoms with Crippen molar-refractivity contribution in [1.29, 1.82) is 0 Å². The molecule has 1 aromatic carbocycles. The van der Waals surface area contributed by atoms with Crippen LogP contribution in [0.5, 0.6) is 5.75 Å². The Morgan fingerprint density at radius 2 is 1.74 bits per heavy atom. The van der Waals surface area contributed by atoms with Crippen LogP contribution in [0.1, 0.15) is 51.0 Å². The second kappa shape index (κ2) is 6.84. The van der Waals surface area contributed by atoms with Crippen molar-refractivity contribution in [2.24, 2.45) is 17.3 Å². The topological polar surface area (TPSA) is 64.6 Å². The highest BCUT2D eigenvalue weighted by Crippen LogP contribution is 2.62. The average Bonchev–Trinajstić information content (AvgIpc) is 2.57. The number of nitrogens with one attached hydrogen (secondary N) is 1. The van der Waals surface area contributed by atoms with Crippen molar-refractivity contribution in [3.63, 3.8) is 0 Å². The van der Waals surface area contributed by atoms with Crippen LogP contribution in [0.3, 0.4) is 0 Å². The molecule has 1 N–H and O–H groups in total. The highest BCUT2D eigenvalue weighted by molar-refractivity contribution is 5.79. The van der Waals surface area contributed by atoms with Gasteiger partial charge in [-0.05, 0) is 69.4 Å². The maximum absolute atomic E-state index is 13.0. The number of ether oxygens (including phenoxy) is 2. The van der Waals surface area contributed by atoms with Crippen molar-refractivity contribution < 1.29 is 19.1 Å². The van der Waals surface area contributed by atoms with E-state index in [4.69, 9.17) is 9.47 Å². The SMILES string of the molecule is CC(=O)NC12C[C@@H]3C[C@@H](C1)CC(C(=O)OCCOc1ccc(C)cc1)(C3)C2. The van der Waals surface area contributed by atoms with Gasteiger partial charge in [0.2, 0.25) is 5.91 Å². The number of esters is 1. The summed E-state index contributed by atoms with van der Waals surface area (Å²) in [4.78, 5) is 24.7. The lowest BCUT2D eigenvalue weighted by Crippen LogP contribution is -2.64. The molecule has 0 heterocycles. The molecule has 4 saturated carbocycles. The lowest BCUT2D eigenvalue weighted by atomic mass is 9.47. The number of rotatable bonds is 6. The van der Waals surface area contributed by atoms with Gasteiger partial charge in [0.25, 0.3) is 0 Å². The summed E-state index contributed by atoms with van der Waals surface area (Å²) in [6.07, 6.45) is 5.74. The maximum atomic E-state index is 13.0. The fraction of sp³-hybridized carbons (Fsp3) is 0.636. The van der Waals surface area contributed by atoms with Crippen molar-refractivity contribution in [3.8, 4) is 5.75 Å². The summed E-state index contributed by atoms with van der Waals surface area (Å²) in [5.41, 5.74) is 0.563. The van der Waals surface area contributed by atoms with Crippen LogP contribution < -0.4 is 10.1 Å². The van der Waals surface area contributed by atoms with Crippen molar-refractivity contribution >= 4 is 11.9 Å². The average molecular weight is 371 g/mol. The molecule has 27 heavy (non-hydrogen) atoms. The van der Waals surface area contributed by atoms with Crippen LogP contribution in [-0.4, -0.2) is 30.6 Å². The molecular weight excluding hydrogens is 342 g/mol. The van der Waals surface area contributed by atoms with Gasteiger partial charge in [0, 0.05) is 12.5 Å². The van der Waals surface area contributed by atoms with Crippen molar-refractivity contribution in [2.75, 3.05) is 13.2 Å². The molecule has 0 radical (unpaired) electrons. The molecule has 5 rings (SSSR count). The summed E-state index contributed by atoms with van der Waals surface area (Å²) >= 11 is 0. The maximum Gasteiger partial charge on any atom is 0.312 e. The Labute approximate surface area is 160 Å². The summed E-state index contributed by atoms with van der Waals surface area (Å²) in [7, 11) is 0. The predicted octanol–water partition coefficient (Wildman–Crippen LogP) is 3.39. The van der Waals surface area contributed by atoms with Crippen LogP contribution in [0, 0.1) is 24.2 Å². The third-order valence-electron chi connectivity index (χ3n) is 6.54. The fourth-order valence-electron chi connectivity index (χ4n) is 6.10. The molecule has 0 aliphatic heterocycles. The summed E-state index contributed by atoms with van der Waals surface area (Å²) in [5, 5.41) is 3.19. The molecule has 4 fully saturated rings. The second-order valence-corrected chi connectivity index (χ2v) is 9.00. The Morgan fingerprint density at radius 1 is 1.07 bits per heavy atom. The molecular formula is C22H29NO4. The number of carbonyl (C=O) groups is 2. The van der Waals surface area contributed by atoms with Crippen molar-refractivity contribution in [3.05, 3.63) is 29.8 Å². The lowest BCUT2D eigenvalue weighted by Gasteiger charge is -2.60. The molecule has 1 amide bonds. The van der Waals surface area contributed by atoms with Gasteiger partial charge in [-0.25, -0.2) is 0 Å². The summed E-state index contributed by atoms with van der Waals surface area (Å²) in [6.45, 7) is 4.22. The zero-order valence-corrected chi connectivity index (χ0v) is 16.3. The van der Waals surface area contributed by atoms with E-state index in [1.165, 1.54) is 12.0 Å². The number of amides is 1. The smallest absolute Gasteiger partial charge is 0.312 e. The van der Waals surface area contributed by atoms with Crippen molar-refractivity contribution in [2.45, 2.75) is 57.9 Å². The van der Waals surface area contributed by atoms with Gasteiger partial charge in [0.05, 0.1) is 5.41 Å². The number of aryl methyl sites for hydroxylation is 1. The predicted molar refractivity (Wildman–Crippen MR) is 101 cm³/mol. The molecule has 4 aliphatic carbocycles. The lowest BCUT2D eigenvalue weighted by molar-refractivity contribution is -0.176. The molecule has 1 aromatic rings. The minimum absolute atomic E-state index is 0.00645. The standard InChI is InChI=1S/C22H29NO4/c1-15-3-5-19(6-4-15)26-7-8-27-20(25)21-10-17-9-18(11-21)13-22(12-17,14-21)23-16(2)24/h3-6,17-18H,7-14H2,1-2H3,(H,23,24)/t17-,18-,21?,22?/m1/s1. The molecule has 146 valence electrons. The minimum Gasteiger partial charge on any atom is -0.490 e. The molecule has 0 spiro atoms. The van der Waals surface area contributed by atoms with Crippen LogP contribution in [-0.2, 0) is 14.3 Å². The van der Waals surface area contributed by atoms with Gasteiger partial charge in [-0.15, -0.1) is 0 Å². The van der Waals surface area contributed by atoms with Gasteiger partial charge in [0.15, 0.2) is 0 Å². The first-order chi connectivity index (χ1) is 12.9. The summed E-state index contributed by atoms with van der Waals surface area (Å²) < 4.78 is 11.3. The summed E-state index contributed by atoms with van der Waals surface area (Å²) in [5.74, 6) is 1.74. The summed E-state index contributed by atoms with van der Waals surface area (Å²) in [6, 6.07) is 7.84. The monoisotopic (exact) mass is 371 g/mol.